The summed E-state index contributed by atoms with van der Waals surface area (Å²) in [6.07, 6.45) is -4.79. The van der Waals surface area contributed by atoms with E-state index in [1.165, 1.54) is 14.0 Å². The number of hydrogen-bond acceptors (Lipinski definition) is 7. The highest BCUT2D eigenvalue weighted by Crippen LogP contribution is 2.43. The highest BCUT2D eigenvalue weighted by atomic mass is 32.1. The molecule has 0 atom stereocenters. The number of halogens is 3. The van der Waals surface area contributed by atoms with E-state index in [9.17, 15) is 32.9 Å². The van der Waals surface area contributed by atoms with Gasteiger partial charge in [-0.3, -0.25) is 24.4 Å². The molecule has 35 heavy (non-hydrogen) atoms. The van der Waals surface area contributed by atoms with Gasteiger partial charge in [-0.2, -0.15) is 18.3 Å². The summed E-state index contributed by atoms with van der Waals surface area (Å²) in [5.41, 5.74) is 3.46. The van der Waals surface area contributed by atoms with Crippen LogP contribution in [0.5, 0.6) is 0 Å². The van der Waals surface area contributed by atoms with Gasteiger partial charge >= 0.3 is 11.9 Å². The number of pyridine rings is 1. The molecule has 4 aromatic rings. The van der Waals surface area contributed by atoms with Gasteiger partial charge in [0.05, 0.1) is 10.6 Å². The van der Waals surface area contributed by atoms with Gasteiger partial charge in [0, 0.05) is 12.4 Å². The molecule has 0 radical (unpaired) electrons. The number of anilines is 1. The van der Waals surface area contributed by atoms with Gasteiger partial charge in [0.15, 0.2) is 0 Å². The largest absolute Gasteiger partial charge is 0.433 e. The summed E-state index contributed by atoms with van der Waals surface area (Å²) in [5.74, 6) is -2.07. The fourth-order valence-corrected chi connectivity index (χ4v) is 4.53. The number of fused-ring (bicyclic) bond motifs is 1. The van der Waals surface area contributed by atoms with Crippen LogP contribution in [0.15, 0.2) is 36.4 Å². The number of nitrogens with one attached hydrogen (secondary N) is 1. The smallest absolute Gasteiger partial charge is 0.365 e. The second kappa shape index (κ2) is 8.47. The molecule has 1 aromatic carbocycles. The van der Waals surface area contributed by atoms with Crippen LogP contribution in [0.2, 0.25) is 0 Å². The van der Waals surface area contributed by atoms with Crippen molar-refractivity contribution in [2.45, 2.75) is 13.1 Å². The maximum Gasteiger partial charge on any atom is 0.433 e. The minimum absolute atomic E-state index is 0.0339. The van der Waals surface area contributed by atoms with Gasteiger partial charge in [-0.05, 0) is 24.1 Å². The second-order valence-electron chi connectivity index (χ2n) is 7.39. The Morgan fingerprint density at radius 1 is 1.23 bits per heavy atom. The van der Waals surface area contributed by atoms with Crippen molar-refractivity contribution in [1.29, 1.82) is 0 Å². The van der Waals surface area contributed by atoms with E-state index in [0.717, 1.165) is 10.7 Å². The molecule has 3 aromatic heterocycles. The third-order valence-corrected chi connectivity index (χ3v) is 6.30. The highest BCUT2D eigenvalue weighted by molar-refractivity contribution is 7.21. The van der Waals surface area contributed by atoms with E-state index < -0.39 is 40.0 Å². The summed E-state index contributed by atoms with van der Waals surface area (Å²) in [7, 11) is 1.41. The van der Waals surface area contributed by atoms with Crippen molar-refractivity contribution < 1.29 is 27.7 Å². The molecular formula is C21H15F3N6O4S. The van der Waals surface area contributed by atoms with E-state index in [-0.39, 0.29) is 32.0 Å². The molecule has 0 aliphatic rings. The molecule has 0 saturated heterocycles. The van der Waals surface area contributed by atoms with E-state index in [1.54, 1.807) is 30.3 Å². The fourth-order valence-electron chi connectivity index (χ4n) is 3.52. The first-order valence-corrected chi connectivity index (χ1v) is 10.6. The number of carbonyl (C=O) groups is 2. The molecule has 10 nitrogen and oxygen atoms in total. The summed E-state index contributed by atoms with van der Waals surface area (Å²) < 4.78 is 41.9. The molecule has 0 bridgehead atoms. The fraction of sp³-hybridized carbons (Fsp3) is 0.143. The normalized spacial score (nSPS) is 11.6. The number of nitrogens with two attached hydrogens (primary N) is 1. The molecule has 3 heterocycles. The van der Waals surface area contributed by atoms with E-state index in [4.69, 9.17) is 5.73 Å². The lowest BCUT2D eigenvalue weighted by molar-refractivity contribution is -0.385. The van der Waals surface area contributed by atoms with Gasteiger partial charge in [-0.1, -0.05) is 30.3 Å². The molecule has 180 valence electrons. The van der Waals surface area contributed by atoms with Crippen LogP contribution in [0.1, 0.15) is 31.5 Å². The number of thiophene rings is 1. The molecular weight excluding hydrogens is 489 g/mol. The number of primary amides is 1. The van der Waals surface area contributed by atoms with Crippen molar-refractivity contribution in [3.05, 3.63) is 68.5 Å². The molecule has 0 aliphatic carbocycles. The van der Waals surface area contributed by atoms with Gasteiger partial charge in [-0.15, -0.1) is 11.3 Å². The molecule has 3 N–H and O–H groups in total. The molecule has 0 saturated carbocycles. The predicted molar refractivity (Wildman–Crippen MR) is 121 cm³/mol. The summed E-state index contributed by atoms with van der Waals surface area (Å²) >= 11 is 0.567. The first-order valence-electron chi connectivity index (χ1n) is 9.79. The van der Waals surface area contributed by atoms with Crippen molar-refractivity contribution in [1.82, 2.24) is 14.8 Å². The lowest BCUT2D eigenvalue weighted by atomic mass is 10.0. The van der Waals surface area contributed by atoms with Crippen molar-refractivity contribution in [3.63, 3.8) is 0 Å². The molecule has 0 spiro atoms. The van der Waals surface area contributed by atoms with E-state index >= 15 is 0 Å². The Morgan fingerprint density at radius 2 is 1.89 bits per heavy atom. The monoisotopic (exact) mass is 504 g/mol. The Kier molecular flexibility index (Phi) is 5.76. The van der Waals surface area contributed by atoms with E-state index in [0.29, 0.717) is 16.9 Å². The Morgan fingerprint density at radius 3 is 2.46 bits per heavy atom. The van der Waals surface area contributed by atoms with Crippen LogP contribution in [0.3, 0.4) is 0 Å². The number of nitrogens with zero attached hydrogens (tertiary/aromatic N) is 4. The SMILES string of the molecule is Cc1c([N+](=O)[O-])c(C(=O)Nc2c(C(N)=O)sc3nc(C(F)(F)F)cc(-c4ccccc4)c23)nn1C. The van der Waals surface area contributed by atoms with Crippen LogP contribution in [0.4, 0.5) is 24.5 Å². The molecule has 0 fully saturated rings. The van der Waals surface area contributed by atoms with Gasteiger partial charge in [-0.25, -0.2) is 4.98 Å². The second-order valence-corrected chi connectivity index (χ2v) is 8.39. The number of nitro groups is 1. The average Bonchev–Trinajstić information content (AvgIpc) is 3.30. The number of carbonyl (C=O) groups excluding carboxylic acids is 2. The predicted octanol–water partition coefficient (Wildman–Crippen LogP) is 4.28. The quantitative estimate of drug-likeness (QED) is 0.306. The lowest BCUT2D eigenvalue weighted by Crippen LogP contribution is -2.18. The average molecular weight is 504 g/mol. The zero-order valence-electron chi connectivity index (χ0n) is 18.0. The first-order chi connectivity index (χ1) is 16.4. The number of aromatic nitrogens is 3. The Hall–Kier alpha value is -4.33. The zero-order valence-corrected chi connectivity index (χ0v) is 18.8. The number of amides is 2. The third kappa shape index (κ3) is 4.19. The standard InChI is InChI=1S/C21H15F3N6O4S/c1-9-16(30(33)34)15(28-29(9)2)19(32)27-14-13-11(10-6-4-3-5-7-10)8-12(21(22,23)24)26-20(13)35-17(14)18(25)31/h3-8H,1-2H3,(H2,25,31)(H,27,32). The van der Waals surface area contributed by atoms with Crippen LogP contribution >= 0.6 is 11.3 Å². The maximum atomic E-state index is 13.6. The molecule has 4 rings (SSSR count). The number of benzene rings is 1. The summed E-state index contributed by atoms with van der Waals surface area (Å²) in [6.45, 7) is 1.40. The Bertz CT molecular complexity index is 1510. The lowest BCUT2D eigenvalue weighted by Gasteiger charge is -2.12. The van der Waals surface area contributed by atoms with Crippen molar-refractivity contribution in [2.24, 2.45) is 12.8 Å². The Labute approximate surface area is 198 Å². The maximum absolute atomic E-state index is 13.6. The number of alkyl halides is 3. The van der Waals surface area contributed by atoms with E-state index in [1.807, 2.05) is 0 Å². The number of hydrogen-bond donors (Lipinski definition) is 2. The first kappa shape index (κ1) is 23.8. The van der Waals surface area contributed by atoms with Crippen LogP contribution in [-0.2, 0) is 13.2 Å². The summed E-state index contributed by atoms with van der Waals surface area (Å²) in [6, 6.07) is 8.78. The minimum Gasteiger partial charge on any atom is -0.365 e. The van der Waals surface area contributed by atoms with E-state index in [2.05, 4.69) is 15.4 Å². The summed E-state index contributed by atoms with van der Waals surface area (Å²) in [4.78, 5) is 39.1. The van der Waals surface area contributed by atoms with Crippen LogP contribution in [0, 0.1) is 17.0 Å². The minimum atomic E-state index is -4.79. The molecule has 0 unspecified atom stereocenters. The van der Waals surface area contributed by atoms with Gasteiger partial charge < -0.3 is 11.1 Å². The highest BCUT2D eigenvalue weighted by Gasteiger charge is 2.36. The van der Waals surface area contributed by atoms with Gasteiger partial charge in [0.25, 0.3) is 11.8 Å². The third-order valence-electron chi connectivity index (χ3n) is 5.20. The van der Waals surface area contributed by atoms with Crippen molar-refractivity contribution >= 4 is 44.7 Å². The topological polar surface area (TPSA) is 146 Å². The Balaban J connectivity index is 1.99. The van der Waals surface area contributed by atoms with Crippen molar-refractivity contribution in [3.8, 4) is 11.1 Å². The molecule has 14 heteroatoms. The van der Waals surface area contributed by atoms with Crippen LogP contribution in [0.25, 0.3) is 21.3 Å². The van der Waals surface area contributed by atoms with Crippen LogP contribution in [-0.4, -0.2) is 31.5 Å². The van der Waals surface area contributed by atoms with Gasteiger partial charge in [0.1, 0.15) is 21.1 Å². The zero-order chi connectivity index (χ0) is 25.7. The molecule has 2 amide bonds. The summed E-state index contributed by atoms with van der Waals surface area (Å²) in [5, 5.41) is 17.8. The van der Waals surface area contributed by atoms with Gasteiger partial charge in [0.2, 0.25) is 5.69 Å². The number of rotatable bonds is 5. The van der Waals surface area contributed by atoms with Crippen molar-refractivity contribution in [2.75, 3.05) is 5.32 Å². The number of aryl methyl sites for hydroxylation is 1. The van der Waals surface area contributed by atoms with Crippen LogP contribution < -0.4 is 11.1 Å². The molecule has 0 aliphatic heterocycles.